The van der Waals surface area contributed by atoms with E-state index in [0.717, 1.165) is 12.1 Å². The van der Waals surface area contributed by atoms with E-state index >= 15 is 0 Å². The molecule has 4 rings (SSSR count). The van der Waals surface area contributed by atoms with Crippen molar-refractivity contribution in [3.63, 3.8) is 0 Å². The summed E-state index contributed by atoms with van der Waals surface area (Å²) in [5, 5.41) is 10.8. The fourth-order valence-electron chi connectivity index (χ4n) is 4.08. The standard InChI is InChI=1S/C23H24N4O6/c28-21-6-3-11-26(21)20-5-2-1-4-19(20)23(30)33-16-22(29)25-14-12-24(13-15-25)17-7-9-18(10-8-17)27(31)32/h1-2,4-5,7-10H,3,6,11-16H2. The Bertz CT molecular complexity index is 1060. The van der Waals surface area contributed by atoms with Gasteiger partial charge < -0.3 is 19.4 Å². The number of carbonyl (C=O) groups is 3. The van der Waals surface area contributed by atoms with Crippen LogP contribution in [-0.2, 0) is 14.3 Å². The Morgan fingerprint density at radius 1 is 0.970 bits per heavy atom. The number of nitro groups is 1. The van der Waals surface area contributed by atoms with E-state index < -0.39 is 10.9 Å². The minimum Gasteiger partial charge on any atom is -0.452 e. The molecule has 0 radical (unpaired) electrons. The van der Waals surface area contributed by atoms with Crippen LogP contribution in [0, 0.1) is 10.1 Å². The minimum atomic E-state index is -0.636. The van der Waals surface area contributed by atoms with Gasteiger partial charge in [-0.3, -0.25) is 19.7 Å². The number of hydrogen-bond donors (Lipinski definition) is 0. The number of non-ortho nitro benzene ring substituents is 1. The van der Waals surface area contributed by atoms with Crippen molar-refractivity contribution in [2.24, 2.45) is 0 Å². The van der Waals surface area contributed by atoms with Crippen LogP contribution in [0.4, 0.5) is 17.1 Å². The Kier molecular flexibility index (Phi) is 6.53. The van der Waals surface area contributed by atoms with E-state index in [-0.39, 0.29) is 29.7 Å². The first-order valence-electron chi connectivity index (χ1n) is 10.8. The first-order chi connectivity index (χ1) is 15.9. The first-order valence-corrected chi connectivity index (χ1v) is 10.8. The quantitative estimate of drug-likeness (QED) is 0.375. The second-order valence-electron chi connectivity index (χ2n) is 7.88. The van der Waals surface area contributed by atoms with Crippen LogP contribution in [0.2, 0.25) is 0 Å². The van der Waals surface area contributed by atoms with E-state index in [4.69, 9.17) is 4.74 Å². The van der Waals surface area contributed by atoms with E-state index in [1.807, 2.05) is 4.90 Å². The van der Waals surface area contributed by atoms with Crippen LogP contribution < -0.4 is 9.80 Å². The number of carbonyl (C=O) groups excluding carboxylic acids is 3. The molecule has 2 amide bonds. The van der Waals surface area contributed by atoms with Crippen molar-refractivity contribution in [3.05, 3.63) is 64.2 Å². The van der Waals surface area contributed by atoms with Crippen molar-refractivity contribution in [1.29, 1.82) is 0 Å². The minimum absolute atomic E-state index is 0.0304. The molecule has 0 unspecified atom stereocenters. The Balaban J connectivity index is 1.30. The summed E-state index contributed by atoms with van der Waals surface area (Å²) in [6.45, 7) is 2.22. The highest BCUT2D eigenvalue weighted by Crippen LogP contribution is 2.26. The molecule has 0 spiro atoms. The highest BCUT2D eigenvalue weighted by molar-refractivity contribution is 6.03. The molecule has 0 N–H and O–H groups in total. The molecule has 2 fully saturated rings. The first kappa shape index (κ1) is 22.3. The second kappa shape index (κ2) is 9.68. The third-order valence-electron chi connectivity index (χ3n) is 5.87. The molecule has 172 valence electrons. The molecular formula is C23H24N4O6. The fourth-order valence-corrected chi connectivity index (χ4v) is 4.08. The number of benzene rings is 2. The molecule has 0 aromatic heterocycles. The van der Waals surface area contributed by atoms with Crippen molar-refractivity contribution in [1.82, 2.24) is 4.90 Å². The molecular weight excluding hydrogens is 428 g/mol. The molecule has 0 saturated carbocycles. The van der Waals surface area contributed by atoms with Crippen LogP contribution in [0.25, 0.3) is 0 Å². The van der Waals surface area contributed by atoms with Gasteiger partial charge in [0.1, 0.15) is 0 Å². The molecule has 0 bridgehead atoms. The molecule has 2 aliphatic rings. The molecule has 2 aromatic carbocycles. The summed E-state index contributed by atoms with van der Waals surface area (Å²) in [6, 6.07) is 13.1. The third-order valence-corrected chi connectivity index (χ3v) is 5.87. The summed E-state index contributed by atoms with van der Waals surface area (Å²) >= 11 is 0. The van der Waals surface area contributed by atoms with Crippen LogP contribution >= 0.6 is 0 Å². The lowest BCUT2D eigenvalue weighted by atomic mass is 10.1. The SMILES string of the molecule is O=C(OCC(=O)N1CCN(c2ccc([N+](=O)[O-])cc2)CC1)c1ccccc1N1CCCC1=O. The van der Waals surface area contributed by atoms with E-state index in [2.05, 4.69) is 0 Å². The number of para-hydroxylation sites is 1. The van der Waals surface area contributed by atoms with E-state index in [0.29, 0.717) is 44.8 Å². The van der Waals surface area contributed by atoms with E-state index in [1.54, 1.807) is 46.2 Å². The van der Waals surface area contributed by atoms with Crippen molar-refractivity contribution in [2.45, 2.75) is 12.8 Å². The molecule has 0 atom stereocenters. The molecule has 2 saturated heterocycles. The maximum atomic E-state index is 12.6. The lowest BCUT2D eigenvalue weighted by molar-refractivity contribution is -0.384. The topological polar surface area (TPSA) is 113 Å². The predicted molar refractivity (Wildman–Crippen MR) is 120 cm³/mol. The summed E-state index contributed by atoms with van der Waals surface area (Å²) in [5.41, 5.74) is 1.66. The van der Waals surface area contributed by atoms with Crippen LogP contribution in [0.1, 0.15) is 23.2 Å². The Labute approximate surface area is 190 Å². The average Bonchev–Trinajstić information content (AvgIpc) is 3.28. The monoisotopic (exact) mass is 452 g/mol. The zero-order valence-corrected chi connectivity index (χ0v) is 18.0. The largest absolute Gasteiger partial charge is 0.452 e. The number of esters is 1. The van der Waals surface area contributed by atoms with Crippen molar-refractivity contribution in [2.75, 3.05) is 49.1 Å². The van der Waals surface area contributed by atoms with Gasteiger partial charge >= 0.3 is 5.97 Å². The molecule has 2 aliphatic heterocycles. The smallest absolute Gasteiger partial charge is 0.340 e. The van der Waals surface area contributed by atoms with Crippen molar-refractivity contribution >= 4 is 34.8 Å². The molecule has 10 heteroatoms. The van der Waals surface area contributed by atoms with Gasteiger partial charge in [0.05, 0.1) is 16.2 Å². The molecule has 2 heterocycles. The number of rotatable bonds is 6. The summed E-state index contributed by atoms with van der Waals surface area (Å²) in [6.07, 6.45) is 1.19. The van der Waals surface area contributed by atoms with Crippen LogP contribution in [0.5, 0.6) is 0 Å². The predicted octanol–water partition coefficient (Wildman–Crippen LogP) is 2.23. The number of amides is 2. The van der Waals surface area contributed by atoms with Crippen molar-refractivity contribution in [3.8, 4) is 0 Å². The number of piperazine rings is 1. The lowest BCUT2D eigenvalue weighted by Gasteiger charge is -2.36. The summed E-state index contributed by atoms with van der Waals surface area (Å²) in [5.74, 6) is -0.957. The van der Waals surface area contributed by atoms with Crippen molar-refractivity contribution < 1.29 is 24.0 Å². The second-order valence-corrected chi connectivity index (χ2v) is 7.88. The molecule has 0 aliphatic carbocycles. The maximum Gasteiger partial charge on any atom is 0.340 e. The summed E-state index contributed by atoms with van der Waals surface area (Å²) < 4.78 is 5.28. The summed E-state index contributed by atoms with van der Waals surface area (Å²) in [4.78, 5) is 52.9. The fraction of sp³-hybridized carbons (Fsp3) is 0.348. The number of nitro benzene ring substituents is 1. The zero-order chi connectivity index (χ0) is 23.4. The van der Waals surface area contributed by atoms with Gasteiger partial charge in [-0.05, 0) is 30.7 Å². The van der Waals surface area contributed by atoms with Gasteiger partial charge in [0, 0.05) is 57.0 Å². The molecule has 33 heavy (non-hydrogen) atoms. The number of anilines is 2. The molecule has 2 aromatic rings. The molecule has 10 nitrogen and oxygen atoms in total. The number of hydrogen-bond acceptors (Lipinski definition) is 7. The average molecular weight is 452 g/mol. The van der Waals surface area contributed by atoms with Gasteiger partial charge in [-0.25, -0.2) is 4.79 Å². The Hall–Kier alpha value is -3.95. The van der Waals surface area contributed by atoms with Gasteiger partial charge in [0.2, 0.25) is 5.91 Å². The lowest BCUT2D eigenvalue weighted by Crippen LogP contribution is -2.49. The van der Waals surface area contributed by atoms with Gasteiger partial charge in [-0.2, -0.15) is 0 Å². The van der Waals surface area contributed by atoms with Crippen LogP contribution in [-0.4, -0.2) is 66.9 Å². The van der Waals surface area contributed by atoms with Crippen LogP contribution in [0.3, 0.4) is 0 Å². The van der Waals surface area contributed by atoms with E-state index in [9.17, 15) is 24.5 Å². The zero-order valence-electron chi connectivity index (χ0n) is 18.0. The maximum absolute atomic E-state index is 12.6. The summed E-state index contributed by atoms with van der Waals surface area (Å²) in [7, 11) is 0. The Morgan fingerprint density at radius 3 is 2.30 bits per heavy atom. The number of ether oxygens (including phenoxy) is 1. The highest BCUT2D eigenvalue weighted by atomic mass is 16.6. The van der Waals surface area contributed by atoms with Gasteiger partial charge in [-0.15, -0.1) is 0 Å². The third kappa shape index (κ3) is 4.94. The number of nitrogens with zero attached hydrogens (tertiary/aromatic N) is 4. The van der Waals surface area contributed by atoms with E-state index in [1.165, 1.54) is 12.1 Å². The van der Waals surface area contributed by atoms with Gasteiger partial charge in [-0.1, -0.05) is 12.1 Å². The van der Waals surface area contributed by atoms with Gasteiger partial charge in [0.25, 0.3) is 11.6 Å². The normalized spacial score (nSPS) is 16.1. The van der Waals surface area contributed by atoms with Crippen LogP contribution in [0.15, 0.2) is 48.5 Å². The highest BCUT2D eigenvalue weighted by Gasteiger charge is 2.27. The Morgan fingerprint density at radius 2 is 1.67 bits per heavy atom. The van der Waals surface area contributed by atoms with Gasteiger partial charge in [0.15, 0.2) is 6.61 Å².